The van der Waals surface area contributed by atoms with Gasteiger partial charge in [-0.2, -0.15) is 5.10 Å². The fourth-order valence-electron chi connectivity index (χ4n) is 1.47. The summed E-state index contributed by atoms with van der Waals surface area (Å²) in [6, 6.07) is 5.33. The van der Waals surface area contributed by atoms with E-state index in [1.165, 1.54) is 0 Å². The number of aryl methyl sites for hydroxylation is 3. The fraction of sp³-hybridized carbons (Fsp3) is 0.250. The highest BCUT2D eigenvalue weighted by molar-refractivity contribution is 9.10. The molecule has 18 heavy (non-hydrogen) atoms. The Kier molecular flexibility index (Phi) is 3.47. The van der Waals surface area contributed by atoms with Crippen LogP contribution in [-0.4, -0.2) is 20.7 Å². The molecule has 2 heterocycles. The van der Waals surface area contributed by atoms with Crippen LogP contribution in [0.4, 0.5) is 5.82 Å². The molecule has 0 atom stereocenters. The van der Waals surface area contributed by atoms with E-state index in [1.807, 2.05) is 19.9 Å². The van der Waals surface area contributed by atoms with Gasteiger partial charge in [-0.1, -0.05) is 0 Å². The molecule has 0 saturated carbocycles. The molecule has 5 nitrogen and oxygen atoms in total. The van der Waals surface area contributed by atoms with Gasteiger partial charge in [-0.3, -0.25) is 9.48 Å². The second-order valence-corrected chi connectivity index (χ2v) is 4.87. The van der Waals surface area contributed by atoms with Gasteiger partial charge in [0.15, 0.2) is 5.69 Å². The first-order chi connectivity index (χ1) is 8.47. The van der Waals surface area contributed by atoms with Gasteiger partial charge in [0, 0.05) is 17.2 Å². The lowest BCUT2D eigenvalue weighted by Crippen LogP contribution is -2.14. The van der Waals surface area contributed by atoms with Crippen LogP contribution in [-0.2, 0) is 7.05 Å². The SMILES string of the molecule is Cc1nc(NC(=O)c2cc(C)n(C)n2)ccc1Br. The van der Waals surface area contributed by atoms with E-state index < -0.39 is 0 Å². The molecule has 0 bridgehead atoms. The van der Waals surface area contributed by atoms with E-state index in [0.717, 1.165) is 15.9 Å². The van der Waals surface area contributed by atoms with Gasteiger partial charge in [-0.25, -0.2) is 4.98 Å². The molecule has 0 saturated heterocycles. The van der Waals surface area contributed by atoms with Crippen molar-refractivity contribution in [1.82, 2.24) is 14.8 Å². The summed E-state index contributed by atoms with van der Waals surface area (Å²) in [4.78, 5) is 16.2. The maximum atomic E-state index is 11.9. The smallest absolute Gasteiger partial charge is 0.277 e. The van der Waals surface area contributed by atoms with Crippen molar-refractivity contribution in [2.45, 2.75) is 13.8 Å². The molecule has 1 amide bonds. The lowest BCUT2D eigenvalue weighted by molar-refractivity contribution is 0.102. The van der Waals surface area contributed by atoms with E-state index in [2.05, 4.69) is 31.3 Å². The Hall–Kier alpha value is -1.69. The van der Waals surface area contributed by atoms with Crippen LogP contribution in [0.5, 0.6) is 0 Å². The third kappa shape index (κ3) is 2.59. The molecule has 2 aromatic rings. The van der Waals surface area contributed by atoms with Gasteiger partial charge in [0.1, 0.15) is 5.82 Å². The van der Waals surface area contributed by atoms with Gasteiger partial charge in [0.05, 0.1) is 5.69 Å². The minimum Gasteiger partial charge on any atom is -0.305 e. The number of rotatable bonds is 2. The van der Waals surface area contributed by atoms with Crippen molar-refractivity contribution in [2.24, 2.45) is 7.05 Å². The van der Waals surface area contributed by atoms with Crippen molar-refractivity contribution in [3.8, 4) is 0 Å². The van der Waals surface area contributed by atoms with Crippen LogP contribution < -0.4 is 5.32 Å². The second kappa shape index (κ2) is 4.89. The molecule has 0 aliphatic carbocycles. The normalized spacial score (nSPS) is 10.4. The lowest BCUT2D eigenvalue weighted by Gasteiger charge is -2.04. The average molecular weight is 309 g/mol. The number of amides is 1. The third-order valence-corrected chi connectivity index (χ3v) is 3.45. The Bertz CT molecular complexity index is 587. The molecule has 94 valence electrons. The highest BCUT2D eigenvalue weighted by atomic mass is 79.9. The second-order valence-electron chi connectivity index (χ2n) is 4.01. The predicted molar refractivity (Wildman–Crippen MR) is 72.6 cm³/mol. The summed E-state index contributed by atoms with van der Waals surface area (Å²) >= 11 is 3.36. The first-order valence-corrected chi connectivity index (χ1v) is 6.22. The number of hydrogen-bond acceptors (Lipinski definition) is 3. The van der Waals surface area contributed by atoms with Gasteiger partial charge in [0.2, 0.25) is 0 Å². The number of aromatic nitrogens is 3. The van der Waals surface area contributed by atoms with E-state index in [9.17, 15) is 4.79 Å². The monoisotopic (exact) mass is 308 g/mol. The van der Waals surface area contributed by atoms with Crippen molar-refractivity contribution in [2.75, 3.05) is 5.32 Å². The third-order valence-electron chi connectivity index (χ3n) is 2.61. The highest BCUT2D eigenvalue weighted by Gasteiger charge is 2.12. The summed E-state index contributed by atoms with van der Waals surface area (Å²) in [5.74, 6) is 0.261. The Morgan fingerprint density at radius 3 is 2.67 bits per heavy atom. The van der Waals surface area contributed by atoms with E-state index in [1.54, 1.807) is 23.9 Å². The molecule has 2 aromatic heterocycles. The molecule has 0 aromatic carbocycles. The first-order valence-electron chi connectivity index (χ1n) is 5.42. The molecule has 1 N–H and O–H groups in total. The van der Waals surface area contributed by atoms with E-state index >= 15 is 0 Å². The fourth-order valence-corrected chi connectivity index (χ4v) is 1.69. The molecule has 2 rings (SSSR count). The van der Waals surface area contributed by atoms with E-state index in [4.69, 9.17) is 0 Å². The van der Waals surface area contributed by atoms with Gasteiger partial charge in [-0.15, -0.1) is 0 Å². The maximum Gasteiger partial charge on any atom is 0.277 e. The predicted octanol–water partition coefficient (Wildman–Crippen LogP) is 2.45. The van der Waals surface area contributed by atoms with Crippen LogP contribution in [0, 0.1) is 13.8 Å². The maximum absolute atomic E-state index is 11.9. The van der Waals surface area contributed by atoms with Gasteiger partial charge < -0.3 is 5.32 Å². The average Bonchev–Trinajstić information content (AvgIpc) is 2.65. The number of nitrogens with zero attached hydrogens (tertiary/aromatic N) is 3. The Labute approximate surface area is 113 Å². The highest BCUT2D eigenvalue weighted by Crippen LogP contribution is 2.16. The van der Waals surface area contributed by atoms with Crippen molar-refractivity contribution < 1.29 is 4.79 Å². The summed E-state index contributed by atoms with van der Waals surface area (Å²) in [5, 5.41) is 6.83. The first kappa shape index (κ1) is 12.8. The van der Waals surface area contributed by atoms with Gasteiger partial charge in [-0.05, 0) is 48.0 Å². The quantitative estimate of drug-likeness (QED) is 0.927. The lowest BCUT2D eigenvalue weighted by atomic mass is 10.3. The van der Waals surface area contributed by atoms with Crippen LogP contribution in [0.1, 0.15) is 21.9 Å². The van der Waals surface area contributed by atoms with Crippen LogP contribution >= 0.6 is 15.9 Å². The van der Waals surface area contributed by atoms with Crippen LogP contribution in [0.2, 0.25) is 0 Å². The van der Waals surface area contributed by atoms with E-state index in [0.29, 0.717) is 11.5 Å². The number of carbonyl (C=O) groups excluding carboxylic acids is 1. The zero-order valence-corrected chi connectivity index (χ0v) is 11.9. The molecule has 0 aliphatic rings. The largest absolute Gasteiger partial charge is 0.305 e. The zero-order valence-electron chi connectivity index (χ0n) is 10.4. The number of carbonyl (C=O) groups is 1. The van der Waals surface area contributed by atoms with Crippen LogP contribution in [0.3, 0.4) is 0 Å². The van der Waals surface area contributed by atoms with Gasteiger partial charge in [0.25, 0.3) is 5.91 Å². The van der Waals surface area contributed by atoms with Crippen molar-refractivity contribution >= 4 is 27.7 Å². The molecular weight excluding hydrogens is 296 g/mol. The minimum absolute atomic E-state index is 0.257. The topological polar surface area (TPSA) is 59.8 Å². The number of halogens is 1. The molecule has 0 spiro atoms. The molecule has 6 heteroatoms. The summed E-state index contributed by atoms with van der Waals surface area (Å²) in [6.45, 7) is 3.76. The molecule has 0 unspecified atom stereocenters. The Morgan fingerprint density at radius 1 is 1.39 bits per heavy atom. The van der Waals surface area contributed by atoms with Crippen molar-refractivity contribution in [3.05, 3.63) is 39.8 Å². The molecule has 0 fully saturated rings. The Balaban J connectivity index is 2.18. The number of anilines is 1. The summed E-state index contributed by atoms with van der Waals surface area (Å²) in [5.41, 5.74) is 2.14. The van der Waals surface area contributed by atoms with E-state index in [-0.39, 0.29) is 5.91 Å². The summed E-state index contributed by atoms with van der Waals surface area (Å²) in [7, 11) is 1.80. The number of nitrogens with one attached hydrogen (secondary N) is 1. The number of hydrogen-bond donors (Lipinski definition) is 1. The molecular formula is C12H13BrN4O. The minimum atomic E-state index is -0.257. The van der Waals surface area contributed by atoms with Gasteiger partial charge >= 0.3 is 0 Å². The zero-order chi connectivity index (χ0) is 13.3. The van der Waals surface area contributed by atoms with Crippen molar-refractivity contribution in [1.29, 1.82) is 0 Å². The van der Waals surface area contributed by atoms with Crippen LogP contribution in [0.25, 0.3) is 0 Å². The summed E-state index contributed by atoms with van der Waals surface area (Å²) < 4.78 is 2.57. The standard InChI is InChI=1S/C12H13BrN4O/c1-7-6-10(16-17(7)3)12(18)15-11-5-4-9(13)8(2)14-11/h4-6H,1-3H3,(H,14,15,18). The molecule has 0 radical (unpaired) electrons. The Morgan fingerprint density at radius 2 is 2.11 bits per heavy atom. The number of pyridine rings is 1. The van der Waals surface area contributed by atoms with Crippen molar-refractivity contribution in [3.63, 3.8) is 0 Å². The summed E-state index contributed by atoms with van der Waals surface area (Å²) in [6.07, 6.45) is 0. The molecule has 0 aliphatic heterocycles. The van der Waals surface area contributed by atoms with Crippen LogP contribution in [0.15, 0.2) is 22.7 Å².